The van der Waals surface area contributed by atoms with Crippen LogP contribution in [0.1, 0.15) is 36.9 Å². The standard InChI is InChI=1S/C15H26N4O/c1-11-14(9-16-12-6-7-12)15(19(3)17-11)18(2)10-13-5-4-8-20-13/h12-13,16H,4-10H2,1-3H3. The molecule has 0 bridgehead atoms. The van der Waals surface area contributed by atoms with Gasteiger partial charge in [-0.3, -0.25) is 4.68 Å². The van der Waals surface area contributed by atoms with Gasteiger partial charge in [0, 0.05) is 45.4 Å². The highest BCUT2D eigenvalue weighted by Crippen LogP contribution is 2.26. The van der Waals surface area contributed by atoms with Gasteiger partial charge in [-0.15, -0.1) is 0 Å². The molecule has 2 fully saturated rings. The molecule has 1 N–H and O–H groups in total. The van der Waals surface area contributed by atoms with Crippen LogP contribution in [0, 0.1) is 6.92 Å². The van der Waals surface area contributed by atoms with Gasteiger partial charge in [-0.25, -0.2) is 0 Å². The molecule has 1 atom stereocenters. The molecule has 0 amide bonds. The van der Waals surface area contributed by atoms with E-state index >= 15 is 0 Å². The highest BCUT2D eigenvalue weighted by molar-refractivity contribution is 5.49. The second-order valence-electron chi connectivity index (χ2n) is 6.18. The lowest BCUT2D eigenvalue weighted by Gasteiger charge is -2.24. The summed E-state index contributed by atoms with van der Waals surface area (Å²) in [7, 11) is 4.19. The summed E-state index contributed by atoms with van der Waals surface area (Å²) in [5.74, 6) is 1.23. The maximum atomic E-state index is 5.75. The minimum Gasteiger partial charge on any atom is -0.376 e. The number of ether oxygens (including phenoxy) is 1. The maximum absolute atomic E-state index is 5.75. The highest BCUT2D eigenvalue weighted by atomic mass is 16.5. The first kappa shape index (κ1) is 13.9. The Balaban J connectivity index is 1.71. The van der Waals surface area contributed by atoms with Crippen LogP contribution in [-0.4, -0.2) is 42.1 Å². The summed E-state index contributed by atoms with van der Waals surface area (Å²) in [6.45, 7) is 4.90. The van der Waals surface area contributed by atoms with Crippen molar-refractivity contribution in [3.05, 3.63) is 11.3 Å². The molecule has 1 aliphatic carbocycles. The molecule has 20 heavy (non-hydrogen) atoms. The molecule has 2 aliphatic rings. The lowest BCUT2D eigenvalue weighted by atomic mass is 10.2. The van der Waals surface area contributed by atoms with Gasteiger partial charge in [0.25, 0.3) is 0 Å². The minimum absolute atomic E-state index is 0.374. The molecule has 2 heterocycles. The molecule has 1 aromatic heterocycles. The van der Waals surface area contributed by atoms with Gasteiger partial charge in [-0.2, -0.15) is 5.10 Å². The van der Waals surface area contributed by atoms with Crippen LogP contribution in [-0.2, 0) is 18.3 Å². The molecule has 3 rings (SSSR count). The number of aryl methyl sites for hydroxylation is 2. The molecule has 5 heteroatoms. The summed E-state index contributed by atoms with van der Waals surface area (Å²) in [6, 6.07) is 0.728. The van der Waals surface area contributed by atoms with Crippen LogP contribution < -0.4 is 10.2 Å². The van der Waals surface area contributed by atoms with Crippen molar-refractivity contribution in [2.24, 2.45) is 7.05 Å². The molecule has 1 aromatic rings. The largest absolute Gasteiger partial charge is 0.376 e. The topological polar surface area (TPSA) is 42.3 Å². The summed E-state index contributed by atoms with van der Waals surface area (Å²) < 4.78 is 7.76. The van der Waals surface area contributed by atoms with E-state index in [9.17, 15) is 0 Å². The number of hydrogen-bond donors (Lipinski definition) is 1. The summed E-state index contributed by atoms with van der Waals surface area (Å²) in [4.78, 5) is 2.31. The van der Waals surface area contributed by atoms with Crippen LogP contribution in [0.4, 0.5) is 5.82 Å². The van der Waals surface area contributed by atoms with Gasteiger partial charge in [-0.05, 0) is 32.6 Å². The summed E-state index contributed by atoms with van der Waals surface area (Å²) in [5.41, 5.74) is 2.47. The van der Waals surface area contributed by atoms with E-state index in [0.717, 1.165) is 31.4 Å². The molecule has 5 nitrogen and oxygen atoms in total. The predicted octanol–water partition coefficient (Wildman–Crippen LogP) is 1.60. The lowest BCUT2D eigenvalue weighted by Crippen LogP contribution is -2.31. The molecule has 112 valence electrons. The van der Waals surface area contributed by atoms with Crippen LogP contribution in [0.5, 0.6) is 0 Å². The Kier molecular flexibility index (Phi) is 3.98. The first-order valence-corrected chi connectivity index (χ1v) is 7.73. The second kappa shape index (κ2) is 5.74. The summed E-state index contributed by atoms with van der Waals surface area (Å²) in [6.07, 6.45) is 5.39. The molecular weight excluding hydrogens is 252 g/mol. The minimum atomic E-state index is 0.374. The van der Waals surface area contributed by atoms with Gasteiger partial charge >= 0.3 is 0 Å². The zero-order chi connectivity index (χ0) is 14.1. The van der Waals surface area contributed by atoms with Gasteiger partial charge in [0.05, 0.1) is 11.8 Å². The van der Waals surface area contributed by atoms with Crippen molar-refractivity contribution in [3.8, 4) is 0 Å². The number of nitrogens with zero attached hydrogens (tertiary/aromatic N) is 3. The average Bonchev–Trinajstić information content (AvgIpc) is 3.00. The number of aromatic nitrogens is 2. The summed E-state index contributed by atoms with van der Waals surface area (Å²) >= 11 is 0. The Hall–Kier alpha value is -1.07. The quantitative estimate of drug-likeness (QED) is 0.858. The van der Waals surface area contributed by atoms with Crippen molar-refractivity contribution in [1.82, 2.24) is 15.1 Å². The van der Waals surface area contributed by atoms with Gasteiger partial charge in [0.15, 0.2) is 0 Å². The molecule has 1 saturated heterocycles. The fourth-order valence-electron chi connectivity index (χ4n) is 3.09. The SMILES string of the molecule is Cc1nn(C)c(N(C)CC2CCCO2)c1CNC1CC1. The molecule has 1 aliphatic heterocycles. The van der Waals surface area contributed by atoms with E-state index in [-0.39, 0.29) is 0 Å². The molecule has 1 unspecified atom stereocenters. The van der Waals surface area contributed by atoms with Gasteiger partial charge in [-0.1, -0.05) is 0 Å². The number of likely N-dealkylation sites (N-methyl/N-ethyl adjacent to an activating group) is 1. The van der Waals surface area contributed by atoms with E-state index in [4.69, 9.17) is 4.74 Å². The van der Waals surface area contributed by atoms with Crippen LogP contribution in [0.25, 0.3) is 0 Å². The Morgan fingerprint density at radius 2 is 2.20 bits per heavy atom. The van der Waals surface area contributed by atoms with E-state index in [1.807, 2.05) is 11.7 Å². The van der Waals surface area contributed by atoms with Crippen molar-refractivity contribution in [1.29, 1.82) is 0 Å². The molecular formula is C15H26N4O. The fraction of sp³-hybridized carbons (Fsp3) is 0.800. The Labute approximate surface area is 121 Å². The fourth-order valence-corrected chi connectivity index (χ4v) is 3.09. The second-order valence-corrected chi connectivity index (χ2v) is 6.18. The maximum Gasteiger partial charge on any atom is 0.131 e. The third kappa shape index (κ3) is 2.99. The van der Waals surface area contributed by atoms with Crippen LogP contribution in [0.15, 0.2) is 0 Å². The number of hydrogen-bond acceptors (Lipinski definition) is 4. The average molecular weight is 278 g/mol. The Morgan fingerprint density at radius 3 is 2.85 bits per heavy atom. The smallest absolute Gasteiger partial charge is 0.131 e. The number of nitrogens with one attached hydrogen (secondary N) is 1. The normalized spacial score (nSPS) is 22.4. The lowest BCUT2D eigenvalue weighted by molar-refractivity contribution is 0.116. The van der Waals surface area contributed by atoms with E-state index in [0.29, 0.717) is 6.10 Å². The zero-order valence-corrected chi connectivity index (χ0v) is 12.9. The van der Waals surface area contributed by atoms with Crippen LogP contribution in [0.3, 0.4) is 0 Å². The van der Waals surface area contributed by atoms with Gasteiger partial charge < -0.3 is 15.0 Å². The van der Waals surface area contributed by atoms with Crippen molar-refractivity contribution in [3.63, 3.8) is 0 Å². The number of rotatable bonds is 6. The predicted molar refractivity (Wildman–Crippen MR) is 80.1 cm³/mol. The highest BCUT2D eigenvalue weighted by Gasteiger charge is 2.25. The molecule has 0 aromatic carbocycles. The number of anilines is 1. The van der Waals surface area contributed by atoms with E-state index in [1.54, 1.807) is 0 Å². The van der Waals surface area contributed by atoms with Crippen molar-refractivity contribution < 1.29 is 4.74 Å². The zero-order valence-electron chi connectivity index (χ0n) is 12.9. The van der Waals surface area contributed by atoms with E-state index < -0.39 is 0 Å². The summed E-state index contributed by atoms with van der Waals surface area (Å²) in [5, 5.41) is 8.20. The van der Waals surface area contributed by atoms with Gasteiger partial charge in [0.2, 0.25) is 0 Å². The van der Waals surface area contributed by atoms with Gasteiger partial charge in [0.1, 0.15) is 5.82 Å². The first-order valence-electron chi connectivity index (χ1n) is 7.73. The monoisotopic (exact) mass is 278 g/mol. The van der Waals surface area contributed by atoms with E-state index in [1.165, 1.54) is 37.1 Å². The van der Waals surface area contributed by atoms with Crippen LogP contribution in [0.2, 0.25) is 0 Å². The van der Waals surface area contributed by atoms with Crippen LogP contribution >= 0.6 is 0 Å². The first-order chi connectivity index (χ1) is 9.65. The molecule has 1 saturated carbocycles. The molecule has 0 radical (unpaired) electrons. The Morgan fingerprint density at radius 1 is 1.40 bits per heavy atom. The van der Waals surface area contributed by atoms with Crippen molar-refractivity contribution in [2.75, 3.05) is 25.1 Å². The molecule has 0 spiro atoms. The van der Waals surface area contributed by atoms with E-state index in [2.05, 4.69) is 29.3 Å². The van der Waals surface area contributed by atoms with Crippen molar-refractivity contribution >= 4 is 5.82 Å². The third-order valence-corrected chi connectivity index (χ3v) is 4.32. The van der Waals surface area contributed by atoms with Crippen molar-refractivity contribution in [2.45, 2.75) is 51.3 Å². The third-order valence-electron chi connectivity index (χ3n) is 4.32. The Bertz CT molecular complexity index is 461.